The van der Waals surface area contributed by atoms with Crippen LogP contribution in [0.4, 0.5) is 0 Å². The highest BCUT2D eigenvalue weighted by Gasteiger charge is 2.15. The lowest BCUT2D eigenvalue weighted by Crippen LogP contribution is -2.15. The van der Waals surface area contributed by atoms with Crippen LogP contribution in [0.5, 0.6) is 11.5 Å². The Morgan fingerprint density at radius 3 is 2.88 bits per heavy atom. The molecule has 17 heavy (non-hydrogen) atoms. The third-order valence-electron chi connectivity index (χ3n) is 2.78. The first-order chi connectivity index (χ1) is 7.79. The van der Waals surface area contributed by atoms with Crippen LogP contribution in [0.25, 0.3) is 0 Å². The first-order valence-electron chi connectivity index (χ1n) is 5.46. The van der Waals surface area contributed by atoms with Crippen molar-refractivity contribution in [1.29, 1.82) is 0 Å². The SMILES string of the molecule is COc1ccc(OCC2CCNC2)c(Cl)c1.Cl. The van der Waals surface area contributed by atoms with Gasteiger partial charge in [0.25, 0.3) is 0 Å². The Morgan fingerprint density at radius 1 is 1.47 bits per heavy atom. The molecular formula is C12H17Cl2NO2. The van der Waals surface area contributed by atoms with Gasteiger partial charge in [-0.15, -0.1) is 12.4 Å². The summed E-state index contributed by atoms with van der Waals surface area (Å²) >= 11 is 6.07. The van der Waals surface area contributed by atoms with E-state index in [1.807, 2.05) is 12.1 Å². The van der Waals surface area contributed by atoms with E-state index >= 15 is 0 Å². The molecule has 0 spiro atoms. The number of benzene rings is 1. The first kappa shape index (κ1) is 14.4. The Labute approximate surface area is 113 Å². The van der Waals surface area contributed by atoms with Crippen molar-refractivity contribution in [3.05, 3.63) is 23.2 Å². The minimum atomic E-state index is 0. The molecule has 0 amide bonds. The number of hydrogen-bond donors (Lipinski definition) is 1. The minimum absolute atomic E-state index is 0. The fourth-order valence-corrected chi connectivity index (χ4v) is 2.02. The van der Waals surface area contributed by atoms with Crippen LogP contribution in [-0.2, 0) is 0 Å². The Hall–Kier alpha value is -0.640. The summed E-state index contributed by atoms with van der Waals surface area (Å²) in [4.78, 5) is 0. The number of methoxy groups -OCH3 is 1. The second-order valence-corrected chi connectivity index (χ2v) is 4.37. The van der Waals surface area contributed by atoms with Gasteiger partial charge >= 0.3 is 0 Å². The third-order valence-corrected chi connectivity index (χ3v) is 3.07. The van der Waals surface area contributed by atoms with E-state index in [2.05, 4.69) is 5.32 Å². The summed E-state index contributed by atoms with van der Waals surface area (Å²) in [7, 11) is 1.62. The molecule has 0 radical (unpaired) electrons. The molecule has 2 rings (SSSR count). The van der Waals surface area contributed by atoms with Crippen molar-refractivity contribution in [2.45, 2.75) is 6.42 Å². The van der Waals surface area contributed by atoms with Gasteiger partial charge in [-0.25, -0.2) is 0 Å². The molecule has 1 aromatic carbocycles. The largest absolute Gasteiger partial charge is 0.497 e. The highest BCUT2D eigenvalue weighted by molar-refractivity contribution is 6.32. The zero-order valence-corrected chi connectivity index (χ0v) is 11.3. The number of rotatable bonds is 4. The van der Waals surface area contributed by atoms with Crippen molar-refractivity contribution in [2.24, 2.45) is 5.92 Å². The Balaban J connectivity index is 0.00000144. The van der Waals surface area contributed by atoms with Crippen molar-refractivity contribution in [3.63, 3.8) is 0 Å². The lowest BCUT2D eigenvalue weighted by molar-refractivity contribution is 0.260. The van der Waals surface area contributed by atoms with Gasteiger partial charge in [0.1, 0.15) is 11.5 Å². The molecule has 1 unspecified atom stereocenters. The third kappa shape index (κ3) is 3.95. The van der Waals surface area contributed by atoms with E-state index in [9.17, 15) is 0 Å². The molecule has 1 saturated heterocycles. The van der Waals surface area contributed by atoms with Crippen molar-refractivity contribution >= 4 is 24.0 Å². The van der Waals surface area contributed by atoms with Gasteiger partial charge in [-0.1, -0.05) is 11.6 Å². The van der Waals surface area contributed by atoms with Crippen molar-refractivity contribution in [2.75, 3.05) is 26.8 Å². The molecular weight excluding hydrogens is 261 g/mol. The van der Waals surface area contributed by atoms with Gasteiger partial charge in [0.15, 0.2) is 0 Å². The average Bonchev–Trinajstić information content (AvgIpc) is 2.80. The number of halogens is 2. The molecule has 0 bridgehead atoms. The van der Waals surface area contributed by atoms with E-state index in [1.54, 1.807) is 13.2 Å². The topological polar surface area (TPSA) is 30.5 Å². The van der Waals surface area contributed by atoms with Crippen LogP contribution in [0.15, 0.2) is 18.2 Å². The van der Waals surface area contributed by atoms with Crippen LogP contribution in [0.2, 0.25) is 5.02 Å². The number of hydrogen-bond acceptors (Lipinski definition) is 3. The Bertz CT molecular complexity index is 354. The second-order valence-electron chi connectivity index (χ2n) is 3.97. The van der Waals surface area contributed by atoms with E-state index in [0.29, 0.717) is 10.9 Å². The molecule has 1 aromatic rings. The predicted molar refractivity (Wildman–Crippen MR) is 71.7 cm³/mol. The van der Waals surface area contributed by atoms with Crippen molar-refractivity contribution in [3.8, 4) is 11.5 Å². The fraction of sp³-hybridized carbons (Fsp3) is 0.500. The Kier molecular flexibility index (Phi) is 5.89. The van der Waals surface area contributed by atoms with Crippen LogP contribution < -0.4 is 14.8 Å². The Morgan fingerprint density at radius 2 is 2.29 bits per heavy atom. The summed E-state index contributed by atoms with van der Waals surface area (Å²) in [5.74, 6) is 2.08. The molecule has 0 aromatic heterocycles. The van der Waals surface area contributed by atoms with Crippen LogP contribution >= 0.6 is 24.0 Å². The van der Waals surface area contributed by atoms with Crippen molar-refractivity contribution in [1.82, 2.24) is 5.32 Å². The molecule has 1 N–H and O–H groups in total. The molecule has 1 fully saturated rings. The molecule has 0 aliphatic carbocycles. The first-order valence-corrected chi connectivity index (χ1v) is 5.84. The van der Waals surface area contributed by atoms with Gasteiger partial charge < -0.3 is 14.8 Å². The lowest BCUT2D eigenvalue weighted by Gasteiger charge is -2.12. The molecule has 0 saturated carbocycles. The maximum absolute atomic E-state index is 6.07. The summed E-state index contributed by atoms with van der Waals surface area (Å²) in [6.45, 7) is 2.84. The van der Waals surface area contributed by atoms with E-state index in [4.69, 9.17) is 21.1 Å². The average molecular weight is 278 g/mol. The predicted octanol–water partition coefficient (Wildman–Crippen LogP) is 2.76. The van der Waals surface area contributed by atoms with Gasteiger partial charge in [0, 0.05) is 18.5 Å². The monoisotopic (exact) mass is 277 g/mol. The maximum atomic E-state index is 6.07. The summed E-state index contributed by atoms with van der Waals surface area (Å²) in [5.41, 5.74) is 0. The maximum Gasteiger partial charge on any atom is 0.138 e. The van der Waals surface area contributed by atoms with E-state index in [0.717, 1.165) is 31.2 Å². The van der Waals surface area contributed by atoms with Gasteiger partial charge in [-0.2, -0.15) is 0 Å². The lowest BCUT2D eigenvalue weighted by atomic mass is 10.1. The van der Waals surface area contributed by atoms with Gasteiger partial charge in [-0.05, 0) is 25.1 Å². The molecule has 1 aliphatic rings. The van der Waals surface area contributed by atoms with Gasteiger partial charge in [0.05, 0.1) is 18.7 Å². The van der Waals surface area contributed by atoms with Crippen LogP contribution in [-0.4, -0.2) is 26.8 Å². The molecule has 1 heterocycles. The fourth-order valence-electron chi connectivity index (χ4n) is 1.79. The standard InChI is InChI=1S/C12H16ClNO2.ClH/c1-15-10-2-3-12(11(13)6-10)16-8-9-4-5-14-7-9;/h2-3,6,9,14H,4-5,7-8H2,1H3;1H. The zero-order valence-electron chi connectivity index (χ0n) is 9.74. The molecule has 3 nitrogen and oxygen atoms in total. The number of nitrogens with one attached hydrogen (secondary N) is 1. The van der Waals surface area contributed by atoms with Crippen LogP contribution in [0, 0.1) is 5.92 Å². The van der Waals surface area contributed by atoms with Gasteiger partial charge in [-0.3, -0.25) is 0 Å². The molecule has 1 atom stereocenters. The quantitative estimate of drug-likeness (QED) is 0.918. The smallest absolute Gasteiger partial charge is 0.138 e. The van der Waals surface area contributed by atoms with Crippen LogP contribution in [0.3, 0.4) is 0 Å². The van der Waals surface area contributed by atoms with E-state index < -0.39 is 0 Å². The van der Waals surface area contributed by atoms with Crippen molar-refractivity contribution < 1.29 is 9.47 Å². The van der Waals surface area contributed by atoms with Gasteiger partial charge in [0.2, 0.25) is 0 Å². The summed E-state index contributed by atoms with van der Waals surface area (Å²) < 4.78 is 10.8. The number of ether oxygens (including phenoxy) is 2. The summed E-state index contributed by atoms with van der Waals surface area (Å²) in [6, 6.07) is 5.47. The zero-order chi connectivity index (χ0) is 11.4. The molecule has 96 valence electrons. The second kappa shape index (κ2) is 6.94. The normalized spacial score (nSPS) is 18.6. The van der Waals surface area contributed by atoms with E-state index in [1.165, 1.54) is 6.42 Å². The highest BCUT2D eigenvalue weighted by atomic mass is 35.5. The molecule has 1 aliphatic heterocycles. The minimum Gasteiger partial charge on any atom is -0.497 e. The van der Waals surface area contributed by atoms with E-state index in [-0.39, 0.29) is 12.4 Å². The summed E-state index contributed by atoms with van der Waals surface area (Å²) in [5, 5.41) is 3.91. The molecule has 5 heteroatoms. The highest BCUT2D eigenvalue weighted by Crippen LogP contribution is 2.29. The van der Waals surface area contributed by atoms with Crippen LogP contribution in [0.1, 0.15) is 6.42 Å². The summed E-state index contributed by atoms with van der Waals surface area (Å²) in [6.07, 6.45) is 1.17.